The Bertz CT molecular complexity index is 420. The van der Waals surface area contributed by atoms with Gasteiger partial charge in [-0.15, -0.1) is 0 Å². The lowest BCUT2D eigenvalue weighted by atomic mass is 10.2. The van der Waals surface area contributed by atoms with Gasteiger partial charge < -0.3 is 15.5 Å². The molecule has 0 amide bonds. The largest absolute Gasteiger partial charge is 0.374 e. The molecule has 0 spiro atoms. The van der Waals surface area contributed by atoms with Gasteiger partial charge in [-0.3, -0.25) is 4.99 Å². The second kappa shape index (κ2) is 9.18. The second-order valence-electron chi connectivity index (χ2n) is 4.68. The molecule has 0 aromatic heterocycles. The van der Waals surface area contributed by atoms with Gasteiger partial charge in [0, 0.05) is 39.4 Å². The molecule has 0 aliphatic heterocycles. The quantitative estimate of drug-likeness (QED) is 0.457. The monoisotopic (exact) mass is 280 g/mol. The molecule has 2 N–H and O–H groups in total. The first kappa shape index (κ1) is 16.3. The van der Waals surface area contributed by atoms with Crippen molar-refractivity contribution in [1.82, 2.24) is 10.6 Å². The van der Waals surface area contributed by atoms with Crippen LogP contribution in [0, 0.1) is 5.82 Å². The van der Waals surface area contributed by atoms with Crippen molar-refractivity contribution in [3.8, 4) is 0 Å². The summed E-state index contributed by atoms with van der Waals surface area (Å²) in [7, 11) is 3.74. The molecule has 0 fully saturated rings. The number of hydrogen-bond acceptors (Lipinski definition) is 2. The Morgan fingerprint density at radius 1 is 1.30 bits per heavy atom. The number of nitrogens with one attached hydrogen (secondary N) is 2. The van der Waals surface area contributed by atoms with Crippen molar-refractivity contribution in [3.63, 3.8) is 0 Å². The highest BCUT2D eigenvalue weighted by Gasteiger charge is 2.02. The molecule has 0 atom stereocenters. The molecular weight excluding hydrogens is 255 g/mol. The lowest BCUT2D eigenvalue weighted by Gasteiger charge is -2.19. The van der Waals surface area contributed by atoms with Gasteiger partial charge in [-0.2, -0.15) is 0 Å². The van der Waals surface area contributed by atoms with Crippen molar-refractivity contribution >= 4 is 11.6 Å². The van der Waals surface area contributed by atoms with Gasteiger partial charge in [0.15, 0.2) is 5.96 Å². The molecule has 0 saturated carbocycles. The van der Waals surface area contributed by atoms with Crippen molar-refractivity contribution in [2.75, 3.05) is 38.6 Å². The molecule has 1 rings (SSSR count). The molecule has 0 aliphatic rings. The molecule has 4 nitrogen and oxygen atoms in total. The molecule has 112 valence electrons. The Morgan fingerprint density at radius 2 is 2.05 bits per heavy atom. The van der Waals surface area contributed by atoms with Gasteiger partial charge in [0.05, 0.1) is 0 Å². The van der Waals surface area contributed by atoms with Crippen LogP contribution in [0.5, 0.6) is 0 Å². The summed E-state index contributed by atoms with van der Waals surface area (Å²) < 4.78 is 13.1. The van der Waals surface area contributed by atoms with Crippen LogP contribution in [0.15, 0.2) is 29.3 Å². The fourth-order valence-corrected chi connectivity index (χ4v) is 1.83. The maximum absolute atomic E-state index is 13.1. The standard InChI is InChI=1S/C15H25FN4/c1-4-9-18-15(17-2)19-10-6-11-20(3)14-8-5-7-13(16)12-14/h5,7-8,12H,4,6,9-11H2,1-3H3,(H2,17,18,19). The van der Waals surface area contributed by atoms with Crippen molar-refractivity contribution in [2.24, 2.45) is 4.99 Å². The molecule has 1 aromatic rings. The van der Waals surface area contributed by atoms with Crippen LogP contribution in [0.4, 0.5) is 10.1 Å². The fraction of sp³-hybridized carbons (Fsp3) is 0.533. The van der Waals surface area contributed by atoms with Gasteiger partial charge in [0.1, 0.15) is 5.82 Å². The van der Waals surface area contributed by atoms with Crippen molar-refractivity contribution in [3.05, 3.63) is 30.1 Å². The summed E-state index contributed by atoms with van der Waals surface area (Å²) in [6, 6.07) is 6.66. The third-order valence-corrected chi connectivity index (χ3v) is 2.98. The van der Waals surface area contributed by atoms with E-state index >= 15 is 0 Å². The topological polar surface area (TPSA) is 39.7 Å². The van der Waals surface area contributed by atoms with Crippen LogP contribution in [0.3, 0.4) is 0 Å². The van der Waals surface area contributed by atoms with Crippen LogP contribution in [0.1, 0.15) is 19.8 Å². The van der Waals surface area contributed by atoms with E-state index in [0.29, 0.717) is 0 Å². The minimum absolute atomic E-state index is 0.198. The SMILES string of the molecule is CCCNC(=NC)NCCCN(C)c1cccc(F)c1. The molecule has 0 heterocycles. The third-order valence-electron chi connectivity index (χ3n) is 2.98. The van der Waals surface area contributed by atoms with E-state index < -0.39 is 0 Å². The summed E-state index contributed by atoms with van der Waals surface area (Å²) in [6.07, 6.45) is 2.03. The first-order valence-electron chi connectivity index (χ1n) is 7.08. The number of halogens is 1. The fourth-order valence-electron chi connectivity index (χ4n) is 1.83. The Hall–Kier alpha value is -1.78. The predicted octanol–water partition coefficient (Wildman–Crippen LogP) is 2.23. The Kier molecular flexibility index (Phi) is 7.47. The maximum atomic E-state index is 13.1. The predicted molar refractivity (Wildman–Crippen MR) is 83.9 cm³/mol. The van der Waals surface area contributed by atoms with Crippen LogP contribution in [-0.2, 0) is 0 Å². The molecular formula is C15H25FN4. The van der Waals surface area contributed by atoms with Gasteiger partial charge in [0.25, 0.3) is 0 Å². The van der Waals surface area contributed by atoms with Gasteiger partial charge in [-0.1, -0.05) is 13.0 Å². The number of nitrogens with zero attached hydrogens (tertiary/aromatic N) is 2. The van der Waals surface area contributed by atoms with Crippen molar-refractivity contribution < 1.29 is 4.39 Å². The molecule has 20 heavy (non-hydrogen) atoms. The van der Waals surface area contributed by atoms with E-state index in [1.807, 2.05) is 18.0 Å². The average Bonchev–Trinajstić information content (AvgIpc) is 2.46. The summed E-state index contributed by atoms with van der Waals surface area (Å²) >= 11 is 0. The number of aliphatic imine (C=N–C) groups is 1. The van der Waals surface area contributed by atoms with Crippen molar-refractivity contribution in [1.29, 1.82) is 0 Å². The zero-order valence-electron chi connectivity index (χ0n) is 12.6. The smallest absolute Gasteiger partial charge is 0.190 e. The lowest BCUT2D eigenvalue weighted by Crippen LogP contribution is -2.38. The van der Waals surface area contributed by atoms with Gasteiger partial charge in [-0.25, -0.2) is 4.39 Å². The number of rotatable bonds is 7. The number of benzene rings is 1. The first-order chi connectivity index (χ1) is 9.67. The molecule has 0 radical (unpaired) electrons. The first-order valence-corrected chi connectivity index (χ1v) is 7.08. The van der Waals surface area contributed by atoms with Gasteiger partial charge in [-0.05, 0) is 31.0 Å². The highest BCUT2D eigenvalue weighted by molar-refractivity contribution is 5.79. The summed E-state index contributed by atoms with van der Waals surface area (Å²) in [5, 5.41) is 6.48. The van der Waals surface area contributed by atoms with Crippen LogP contribution in [-0.4, -0.2) is 39.7 Å². The average molecular weight is 280 g/mol. The molecule has 1 aromatic carbocycles. The van der Waals surface area contributed by atoms with E-state index in [4.69, 9.17) is 0 Å². The highest BCUT2D eigenvalue weighted by atomic mass is 19.1. The third kappa shape index (κ3) is 5.91. The summed E-state index contributed by atoms with van der Waals surface area (Å²) in [5.41, 5.74) is 0.901. The van der Waals surface area contributed by atoms with Gasteiger partial charge in [0.2, 0.25) is 0 Å². The highest BCUT2D eigenvalue weighted by Crippen LogP contribution is 2.13. The summed E-state index contributed by atoms with van der Waals surface area (Å²) in [5.74, 6) is 0.636. The van der Waals surface area contributed by atoms with E-state index in [-0.39, 0.29) is 5.82 Å². The minimum Gasteiger partial charge on any atom is -0.374 e. The van der Waals surface area contributed by atoms with E-state index in [1.165, 1.54) is 6.07 Å². The Balaban J connectivity index is 2.26. The van der Waals surface area contributed by atoms with Crippen LogP contribution >= 0.6 is 0 Å². The summed E-state index contributed by atoms with van der Waals surface area (Å²) in [6.45, 7) is 4.74. The summed E-state index contributed by atoms with van der Waals surface area (Å²) in [4.78, 5) is 6.19. The molecule has 0 unspecified atom stereocenters. The lowest BCUT2D eigenvalue weighted by molar-refractivity contribution is 0.626. The number of anilines is 1. The zero-order valence-corrected chi connectivity index (χ0v) is 12.6. The number of guanidine groups is 1. The van der Waals surface area contributed by atoms with E-state index in [1.54, 1.807) is 19.2 Å². The minimum atomic E-state index is -0.198. The normalized spacial score (nSPS) is 11.3. The Morgan fingerprint density at radius 3 is 2.70 bits per heavy atom. The molecule has 0 aliphatic carbocycles. The van der Waals surface area contributed by atoms with E-state index in [2.05, 4.69) is 22.5 Å². The maximum Gasteiger partial charge on any atom is 0.190 e. The molecule has 0 saturated heterocycles. The van der Waals surface area contributed by atoms with E-state index in [0.717, 1.165) is 44.1 Å². The van der Waals surface area contributed by atoms with Gasteiger partial charge >= 0.3 is 0 Å². The van der Waals surface area contributed by atoms with Crippen LogP contribution in [0.25, 0.3) is 0 Å². The van der Waals surface area contributed by atoms with Crippen LogP contribution in [0.2, 0.25) is 0 Å². The second-order valence-corrected chi connectivity index (χ2v) is 4.68. The van der Waals surface area contributed by atoms with Crippen LogP contribution < -0.4 is 15.5 Å². The van der Waals surface area contributed by atoms with E-state index in [9.17, 15) is 4.39 Å². The zero-order chi connectivity index (χ0) is 14.8. The molecule has 0 bridgehead atoms. The molecule has 5 heteroatoms. The van der Waals surface area contributed by atoms with Crippen molar-refractivity contribution in [2.45, 2.75) is 19.8 Å². The number of hydrogen-bond donors (Lipinski definition) is 2. The Labute approximate surface area is 121 Å².